The number of carboxylic acid groups (broad SMARTS) is 1. The fraction of sp³-hybridized carbons (Fsp3) is 0.0667. The molecule has 0 fully saturated rings. The van der Waals surface area contributed by atoms with Crippen LogP contribution in [0, 0.1) is 10.5 Å². The summed E-state index contributed by atoms with van der Waals surface area (Å²) in [6, 6.07) is 9.45. The highest BCUT2D eigenvalue weighted by Crippen LogP contribution is 2.24. The van der Waals surface area contributed by atoms with Crippen molar-refractivity contribution >= 4 is 40.2 Å². The van der Waals surface area contributed by atoms with Gasteiger partial charge in [-0.2, -0.15) is 0 Å². The lowest BCUT2D eigenvalue weighted by Gasteiger charge is -2.11. The second kappa shape index (κ2) is 6.13. The summed E-state index contributed by atoms with van der Waals surface area (Å²) in [6.45, 7) is 1.65. The summed E-state index contributed by atoms with van der Waals surface area (Å²) in [5.74, 6) is -1.83. The molecule has 0 radical (unpaired) electrons. The molecule has 0 aromatic heterocycles. The fourth-order valence-electron chi connectivity index (χ4n) is 1.94. The van der Waals surface area contributed by atoms with Crippen molar-refractivity contribution in [2.45, 2.75) is 6.92 Å². The maximum absolute atomic E-state index is 12.2. The van der Waals surface area contributed by atoms with Gasteiger partial charge in [-0.15, -0.1) is 0 Å². The predicted molar refractivity (Wildman–Crippen MR) is 86.9 cm³/mol. The van der Waals surface area contributed by atoms with Crippen molar-refractivity contribution in [3.05, 3.63) is 56.7 Å². The Bertz CT molecular complexity index is 728. The number of phenolic OH excluding ortho intramolecular Hbond substituents is 1. The Labute approximate surface area is 134 Å². The molecule has 0 aliphatic rings. The molecule has 0 bridgehead atoms. The number of hydrogen-bond acceptors (Lipinski definition) is 3. The van der Waals surface area contributed by atoms with Crippen LogP contribution in [-0.2, 0) is 0 Å². The molecule has 2 aromatic rings. The normalized spacial score (nSPS) is 10.2. The topological polar surface area (TPSA) is 86.6 Å². The quantitative estimate of drug-likeness (QED) is 0.695. The van der Waals surface area contributed by atoms with E-state index in [0.717, 1.165) is 3.57 Å². The summed E-state index contributed by atoms with van der Waals surface area (Å²) in [4.78, 5) is 23.5. The van der Waals surface area contributed by atoms with Crippen molar-refractivity contribution in [2.24, 2.45) is 0 Å². The molecule has 1 amide bonds. The van der Waals surface area contributed by atoms with Gasteiger partial charge in [-0.1, -0.05) is 12.1 Å². The second-order valence-electron chi connectivity index (χ2n) is 4.42. The molecule has 2 rings (SSSR count). The molecule has 2 aromatic carbocycles. The molecule has 0 aliphatic heterocycles. The van der Waals surface area contributed by atoms with Crippen LogP contribution in [0.5, 0.6) is 5.75 Å². The first-order chi connectivity index (χ1) is 9.90. The van der Waals surface area contributed by atoms with Gasteiger partial charge in [0, 0.05) is 3.57 Å². The molecule has 0 atom stereocenters. The molecular formula is C15H12INO4. The highest BCUT2D eigenvalue weighted by atomic mass is 127. The zero-order valence-corrected chi connectivity index (χ0v) is 13.2. The van der Waals surface area contributed by atoms with Crippen LogP contribution in [0.25, 0.3) is 0 Å². The van der Waals surface area contributed by atoms with Crippen molar-refractivity contribution in [1.82, 2.24) is 0 Å². The van der Waals surface area contributed by atoms with E-state index >= 15 is 0 Å². The molecule has 0 saturated heterocycles. The maximum atomic E-state index is 12.2. The van der Waals surface area contributed by atoms with Crippen LogP contribution in [0.3, 0.4) is 0 Å². The minimum atomic E-state index is -1.12. The lowest BCUT2D eigenvalue weighted by molar-refractivity contribution is 0.0697. The van der Waals surface area contributed by atoms with Crippen molar-refractivity contribution in [3.8, 4) is 5.75 Å². The summed E-state index contributed by atoms with van der Waals surface area (Å²) in [5.41, 5.74) is 0.883. The van der Waals surface area contributed by atoms with Crippen LogP contribution in [-0.4, -0.2) is 22.1 Å². The number of carbonyl (C=O) groups excluding carboxylic acids is 1. The van der Waals surface area contributed by atoms with Crippen molar-refractivity contribution in [1.29, 1.82) is 0 Å². The number of halogens is 1. The van der Waals surface area contributed by atoms with Gasteiger partial charge in [0.1, 0.15) is 5.75 Å². The zero-order valence-electron chi connectivity index (χ0n) is 11.1. The van der Waals surface area contributed by atoms with Crippen LogP contribution < -0.4 is 5.32 Å². The van der Waals surface area contributed by atoms with Crippen LogP contribution in [0.15, 0.2) is 36.4 Å². The third-order valence-electron chi connectivity index (χ3n) is 2.94. The van der Waals surface area contributed by atoms with Crippen molar-refractivity contribution in [3.63, 3.8) is 0 Å². The Hall–Kier alpha value is -2.09. The molecule has 0 heterocycles. The number of hydrogen-bond donors (Lipinski definition) is 3. The molecule has 5 nitrogen and oxygen atoms in total. The van der Waals surface area contributed by atoms with Crippen LogP contribution >= 0.6 is 22.6 Å². The number of amides is 1. The van der Waals surface area contributed by atoms with Gasteiger partial charge in [0.25, 0.3) is 5.91 Å². The number of benzene rings is 2. The number of aromatic carboxylic acids is 1. The maximum Gasteiger partial charge on any atom is 0.338 e. The standard InChI is InChI=1S/C15H12INO4/c1-8-3-2-4-11(13(8)15(20)21)17-14(19)10-7-9(16)5-6-12(10)18/h2-7,18H,1H3,(H,17,19)(H,20,21). The van der Waals surface area contributed by atoms with E-state index in [1.165, 1.54) is 18.2 Å². The molecule has 0 spiro atoms. The fourth-order valence-corrected chi connectivity index (χ4v) is 2.43. The van der Waals surface area contributed by atoms with E-state index in [9.17, 15) is 19.8 Å². The molecule has 21 heavy (non-hydrogen) atoms. The highest BCUT2D eigenvalue weighted by Gasteiger charge is 2.17. The first-order valence-corrected chi connectivity index (χ1v) is 7.11. The van der Waals surface area contributed by atoms with Crippen LogP contribution in [0.4, 0.5) is 5.69 Å². The lowest BCUT2D eigenvalue weighted by atomic mass is 10.1. The molecule has 0 aliphatic carbocycles. The van der Waals surface area contributed by atoms with Gasteiger partial charge in [0.05, 0.1) is 16.8 Å². The molecule has 0 unspecified atom stereocenters. The van der Waals surface area contributed by atoms with E-state index in [0.29, 0.717) is 5.56 Å². The number of anilines is 1. The van der Waals surface area contributed by atoms with Crippen LogP contribution in [0.2, 0.25) is 0 Å². The van der Waals surface area contributed by atoms with Gasteiger partial charge in [-0.25, -0.2) is 4.79 Å². The van der Waals surface area contributed by atoms with Gasteiger partial charge in [-0.3, -0.25) is 4.79 Å². The molecule has 3 N–H and O–H groups in total. The second-order valence-corrected chi connectivity index (χ2v) is 5.66. The van der Waals surface area contributed by atoms with Gasteiger partial charge < -0.3 is 15.5 Å². The third kappa shape index (κ3) is 3.33. The monoisotopic (exact) mass is 397 g/mol. The number of phenols is 1. The first-order valence-electron chi connectivity index (χ1n) is 6.03. The van der Waals surface area contributed by atoms with E-state index in [1.54, 1.807) is 25.1 Å². The molecule has 0 saturated carbocycles. The Morgan fingerprint density at radius 2 is 1.90 bits per heavy atom. The van der Waals surface area contributed by atoms with Crippen LogP contribution in [0.1, 0.15) is 26.3 Å². The minimum Gasteiger partial charge on any atom is -0.507 e. The predicted octanol–water partition coefficient (Wildman–Crippen LogP) is 3.26. The van der Waals surface area contributed by atoms with E-state index in [2.05, 4.69) is 5.32 Å². The average Bonchev–Trinajstić information content (AvgIpc) is 2.41. The van der Waals surface area contributed by atoms with E-state index in [4.69, 9.17) is 0 Å². The summed E-state index contributed by atoms with van der Waals surface area (Å²) in [7, 11) is 0. The highest BCUT2D eigenvalue weighted by molar-refractivity contribution is 14.1. The Balaban J connectivity index is 2.39. The molecule has 108 valence electrons. The summed E-state index contributed by atoms with van der Waals surface area (Å²) in [5, 5.41) is 21.5. The van der Waals surface area contributed by atoms with Crippen molar-refractivity contribution < 1.29 is 19.8 Å². The number of carbonyl (C=O) groups is 2. The minimum absolute atomic E-state index is 0.0379. The summed E-state index contributed by atoms with van der Waals surface area (Å²) < 4.78 is 0.790. The van der Waals surface area contributed by atoms with Gasteiger partial charge in [0.2, 0.25) is 0 Å². The zero-order chi connectivity index (χ0) is 15.6. The Kier molecular flexibility index (Phi) is 4.46. The SMILES string of the molecule is Cc1cccc(NC(=O)c2cc(I)ccc2O)c1C(=O)O. The Morgan fingerprint density at radius 1 is 1.19 bits per heavy atom. The average molecular weight is 397 g/mol. The number of nitrogens with one attached hydrogen (secondary N) is 1. The van der Waals surface area contributed by atoms with Crippen molar-refractivity contribution in [2.75, 3.05) is 5.32 Å². The number of aryl methyl sites for hydroxylation is 1. The number of carboxylic acids is 1. The largest absolute Gasteiger partial charge is 0.507 e. The molecular weight excluding hydrogens is 385 g/mol. The Morgan fingerprint density at radius 3 is 2.57 bits per heavy atom. The first kappa shape index (κ1) is 15.3. The van der Waals surface area contributed by atoms with Gasteiger partial charge >= 0.3 is 5.97 Å². The number of rotatable bonds is 3. The van der Waals surface area contributed by atoms with Gasteiger partial charge in [-0.05, 0) is 59.3 Å². The van der Waals surface area contributed by atoms with E-state index < -0.39 is 11.9 Å². The van der Waals surface area contributed by atoms with E-state index in [-0.39, 0.29) is 22.6 Å². The van der Waals surface area contributed by atoms with Gasteiger partial charge in [0.15, 0.2) is 0 Å². The number of aromatic hydroxyl groups is 1. The van der Waals surface area contributed by atoms with E-state index in [1.807, 2.05) is 22.6 Å². The smallest absolute Gasteiger partial charge is 0.338 e. The summed E-state index contributed by atoms with van der Waals surface area (Å²) >= 11 is 2.02. The summed E-state index contributed by atoms with van der Waals surface area (Å²) in [6.07, 6.45) is 0. The molecule has 6 heteroatoms. The lowest BCUT2D eigenvalue weighted by Crippen LogP contribution is -2.16. The third-order valence-corrected chi connectivity index (χ3v) is 3.61.